The van der Waals surface area contributed by atoms with Gasteiger partial charge in [0.25, 0.3) is 0 Å². The lowest BCUT2D eigenvalue weighted by Gasteiger charge is -2.18. The molecule has 0 aliphatic carbocycles. The smallest absolute Gasteiger partial charge is 0.138 e. The molecule has 0 spiro atoms. The maximum atomic E-state index is 9.30. The predicted molar refractivity (Wildman–Crippen MR) is 43.1 cm³/mol. The first-order valence-corrected chi connectivity index (χ1v) is 3.45. The van der Waals surface area contributed by atoms with Crippen LogP contribution in [0.15, 0.2) is 18.3 Å². The van der Waals surface area contributed by atoms with Crippen molar-refractivity contribution in [2.45, 2.75) is 19.4 Å². The molecule has 0 atom stereocenters. The Hall–Kier alpha value is -1.09. The molecule has 3 N–H and O–H groups in total. The van der Waals surface area contributed by atoms with Crippen molar-refractivity contribution in [1.29, 1.82) is 0 Å². The van der Waals surface area contributed by atoms with Gasteiger partial charge in [0.1, 0.15) is 11.4 Å². The van der Waals surface area contributed by atoms with Crippen molar-refractivity contribution in [2.75, 3.05) is 0 Å². The highest BCUT2D eigenvalue weighted by atomic mass is 16.3. The highest BCUT2D eigenvalue weighted by Gasteiger charge is 2.18. The molecule has 1 rings (SSSR count). The average molecular weight is 152 g/mol. The number of hydrogen-bond donors (Lipinski definition) is 2. The normalized spacial score (nSPS) is 11.5. The summed E-state index contributed by atoms with van der Waals surface area (Å²) in [4.78, 5) is 3.97. The highest BCUT2D eigenvalue weighted by molar-refractivity contribution is 5.29. The van der Waals surface area contributed by atoms with Crippen molar-refractivity contribution in [3.05, 3.63) is 24.0 Å². The molecule has 1 aromatic heterocycles. The number of nitrogens with two attached hydrogens (primary N) is 1. The van der Waals surface area contributed by atoms with Crippen molar-refractivity contribution >= 4 is 0 Å². The van der Waals surface area contributed by atoms with Gasteiger partial charge in [0.05, 0.1) is 5.54 Å². The predicted octanol–water partition coefficient (Wildman–Crippen LogP) is 0.981. The van der Waals surface area contributed by atoms with Crippen LogP contribution in [-0.4, -0.2) is 10.1 Å². The molecule has 11 heavy (non-hydrogen) atoms. The molecule has 1 heterocycles. The lowest BCUT2D eigenvalue weighted by atomic mass is 10.0. The maximum Gasteiger partial charge on any atom is 0.138 e. The fourth-order valence-electron chi connectivity index (χ4n) is 0.893. The Morgan fingerprint density at radius 3 is 2.55 bits per heavy atom. The molecule has 0 unspecified atom stereocenters. The summed E-state index contributed by atoms with van der Waals surface area (Å²) >= 11 is 0. The van der Waals surface area contributed by atoms with E-state index in [0.29, 0.717) is 5.69 Å². The number of nitrogens with zero attached hydrogens (tertiary/aromatic N) is 1. The van der Waals surface area contributed by atoms with Gasteiger partial charge in [0.15, 0.2) is 0 Å². The van der Waals surface area contributed by atoms with Crippen LogP contribution in [-0.2, 0) is 5.54 Å². The fourth-order valence-corrected chi connectivity index (χ4v) is 0.893. The van der Waals surface area contributed by atoms with Gasteiger partial charge in [0, 0.05) is 6.20 Å². The standard InChI is InChI=1S/C8H12N2O/c1-8(2,9)7-6(11)4-3-5-10-7/h3-5,11H,9H2,1-2H3. The molecule has 0 aliphatic heterocycles. The van der Waals surface area contributed by atoms with Gasteiger partial charge in [0.2, 0.25) is 0 Å². The van der Waals surface area contributed by atoms with Gasteiger partial charge in [-0.05, 0) is 26.0 Å². The zero-order valence-electron chi connectivity index (χ0n) is 6.70. The van der Waals surface area contributed by atoms with Crippen molar-refractivity contribution in [1.82, 2.24) is 4.98 Å². The van der Waals surface area contributed by atoms with Crippen LogP contribution in [0, 0.1) is 0 Å². The zero-order chi connectivity index (χ0) is 8.48. The van der Waals surface area contributed by atoms with E-state index in [1.165, 1.54) is 0 Å². The number of aromatic nitrogens is 1. The molecule has 0 saturated carbocycles. The van der Waals surface area contributed by atoms with Gasteiger partial charge >= 0.3 is 0 Å². The fraction of sp³-hybridized carbons (Fsp3) is 0.375. The average Bonchev–Trinajstić information content (AvgIpc) is 1.86. The number of rotatable bonds is 1. The third kappa shape index (κ3) is 1.68. The minimum atomic E-state index is -0.578. The summed E-state index contributed by atoms with van der Waals surface area (Å²) in [6.45, 7) is 3.60. The molecule has 0 aliphatic rings. The molecule has 3 heteroatoms. The third-order valence-corrected chi connectivity index (χ3v) is 1.40. The first-order valence-electron chi connectivity index (χ1n) is 3.45. The van der Waals surface area contributed by atoms with Crippen LogP contribution in [0.1, 0.15) is 19.5 Å². The Morgan fingerprint density at radius 2 is 2.18 bits per heavy atom. The molecular weight excluding hydrogens is 140 g/mol. The number of aromatic hydroxyl groups is 1. The van der Waals surface area contributed by atoms with Crippen LogP contribution in [0.3, 0.4) is 0 Å². The second-order valence-electron chi connectivity index (χ2n) is 3.09. The van der Waals surface area contributed by atoms with E-state index in [1.807, 2.05) is 0 Å². The third-order valence-electron chi connectivity index (χ3n) is 1.40. The van der Waals surface area contributed by atoms with Crippen LogP contribution in [0.5, 0.6) is 5.75 Å². The van der Waals surface area contributed by atoms with Gasteiger partial charge in [-0.15, -0.1) is 0 Å². The van der Waals surface area contributed by atoms with E-state index in [4.69, 9.17) is 5.73 Å². The van der Waals surface area contributed by atoms with E-state index >= 15 is 0 Å². The van der Waals surface area contributed by atoms with Gasteiger partial charge < -0.3 is 10.8 Å². The Bertz CT molecular complexity index is 253. The van der Waals surface area contributed by atoms with E-state index in [0.717, 1.165) is 0 Å². The molecule has 60 valence electrons. The highest BCUT2D eigenvalue weighted by Crippen LogP contribution is 2.22. The largest absolute Gasteiger partial charge is 0.506 e. The van der Waals surface area contributed by atoms with Crippen LogP contribution in [0.2, 0.25) is 0 Å². The first kappa shape index (κ1) is 8.01. The van der Waals surface area contributed by atoms with Crippen LogP contribution < -0.4 is 5.73 Å². The van der Waals surface area contributed by atoms with Gasteiger partial charge in [-0.25, -0.2) is 0 Å². The van der Waals surface area contributed by atoms with Crippen LogP contribution in [0.25, 0.3) is 0 Å². The summed E-state index contributed by atoms with van der Waals surface area (Å²) in [5.74, 6) is 0.153. The van der Waals surface area contributed by atoms with Crippen molar-refractivity contribution in [3.8, 4) is 5.75 Å². The summed E-state index contributed by atoms with van der Waals surface area (Å²) in [6.07, 6.45) is 1.61. The van der Waals surface area contributed by atoms with E-state index in [9.17, 15) is 5.11 Å². The minimum Gasteiger partial charge on any atom is -0.506 e. The molecule has 0 amide bonds. The molecule has 0 aromatic carbocycles. The second-order valence-corrected chi connectivity index (χ2v) is 3.09. The number of hydrogen-bond acceptors (Lipinski definition) is 3. The molecule has 1 aromatic rings. The van der Waals surface area contributed by atoms with Crippen LogP contribution in [0.4, 0.5) is 0 Å². The lowest BCUT2D eigenvalue weighted by molar-refractivity contribution is 0.430. The van der Waals surface area contributed by atoms with Gasteiger partial charge in [-0.2, -0.15) is 0 Å². The lowest BCUT2D eigenvalue weighted by Crippen LogP contribution is -2.29. The molecule has 0 saturated heterocycles. The molecule has 0 bridgehead atoms. The second kappa shape index (κ2) is 2.51. The van der Waals surface area contributed by atoms with Crippen molar-refractivity contribution < 1.29 is 5.11 Å². The monoisotopic (exact) mass is 152 g/mol. The summed E-state index contributed by atoms with van der Waals surface area (Å²) in [5.41, 5.74) is 5.68. The SMILES string of the molecule is CC(C)(N)c1ncccc1O. The van der Waals surface area contributed by atoms with Crippen molar-refractivity contribution in [2.24, 2.45) is 5.73 Å². The van der Waals surface area contributed by atoms with Gasteiger partial charge in [-0.3, -0.25) is 4.98 Å². The van der Waals surface area contributed by atoms with E-state index < -0.39 is 5.54 Å². The topological polar surface area (TPSA) is 59.1 Å². The maximum absolute atomic E-state index is 9.30. The quantitative estimate of drug-likeness (QED) is 0.630. The first-order chi connectivity index (χ1) is 5.02. The Labute approximate surface area is 65.9 Å². The zero-order valence-corrected chi connectivity index (χ0v) is 6.70. The van der Waals surface area contributed by atoms with E-state index in [2.05, 4.69) is 4.98 Å². The van der Waals surface area contributed by atoms with E-state index in [-0.39, 0.29) is 5.75 Å². The van der Waals surface area contributed by atoms with Gasteiger partial charge in [-0.1, -0.05) is 0 Å². The Balaban J connectivity index is 3.14. The summed E-state index contributed by atoms with van der Waals surface area (Å²) in [5, 5.41) is 9.30. The molecule has 0 radical (unpaired) electrons. The molecule has 3 nitrogen and oxygen atoms in total. The minimum absolute atomic E-state index is 0.153. The Kier molecular flexibility index (Phi) is 1.83. The number of pyridine rings is 1. The summed E-state index contributed by atoms with van der Waals surface area (Å²) in [6, 6.07) is 3.25. The van der Waals surface area contributed by atoms with E-state index in [1.54, 1.807) is 32.2 Å². The molecule has 0 fully saturated rings. The molecular formula is C8H12N2O. The summed E-state index contributed by atoms with van der Waals surface area (Å²) in [7, 11) is 0. The van der Waals surface area contributed by atoms with Crippen molar-refractivity contribution in [3.63, 3.8) is 0 Å². The Morgan fingerprint density at radius 1 is 1.55 bits per heavy atom. The van der Waals surface area contributed by atoms with Crippen LogP contribution >= 0.6 is 0 Å². The summed E-state index contributed by atoms with van der Waals surface area (Å²) < 4.78 is 0.